The second-order valence-electron chi connectivity index (χ2n) is 5.56. The van der Waals surface area contributed by atoms with Gasteiger partial charge in [0.25, 0.3) is 0 Å². The van der Waals surface area contributed by atoms with Gasteiger partial charge in [-0.05, 0) is 38.0 Å². The zero-order valence-electron chi connectivity index (χ0n) is 9.64. The first-order valence-corrected chi connectivity index (χ1v) is 6.48. The van der Waals surface area contributed by atoms with Crippen molar-refractivity contribution in [2.75, 3.05) is 6.54 Å². The quantitative estimate of drug-likeness (QED) is 0.726. The van der Waals surface area contributed by atoms with Crippen molar-refractivity contribution in [3.05, 3.63) is 12.2 Å². The predicted octanol–water partition coefficient (Wildman–Crippen LogP) is 1.29. The summed E-state index contributed by atoms with van der Waals surface area (Å²) in [5.74, 6) is 1.19. The summed E-state index contributed by atoms with van der Waals surface area (Å²) in [5.41, 5.74) is 5.81. The molecule has 3 nitrogen and oxygen atoms in total. The van der Waals surface area contributed by atoms with E-state index in [1.165, 1.54) is 25.7 Å². The normalized spacial score (nSPS) is 33.1. The molecule has 0 spiro atoms. The van der Waals surface area contributed by atoms with Crippen LogP contribution in [0.25, 0.3) is 0 Å². The lowest BCUT2D eigenvalue weighted by Gasteiger charge is -2.25. The van der Waals surface area contributed by atoms with Gasteiger partial charge in [0.15, 0.2) is 0 Å². The second-order valence-corrected chi connectivity index (χ2v) is 5.56. The predicted molar refractivity (Wildman–Crippen MR) is 62.7 cm³/mol. The van der Waals surface area contributed by atoms with Gasteiger partial charge in [0, 0.05) is 18.6 Å². The van der Waals surface area contributed by atoms with E-state index < -0.39 is 0 Å². The molecule has 2 atom stereocenters. The maximum Gasteiger partial charge on any atom is 0.229 e. The van der Waals surface area contributed by atoms with Gasteiger partial charge in [-0.3, -0.25) is 4.79 Å². The van der Waals surface area contributed by atoms with E-state index in [1.54, 1.807) is 0 Å². The third-order valence-electron chi connectivity index (χ3n) is 3.86. The van der Waals surface area contributed by atoms with Crippen LogP contribution in [0, 0.1) is 11.8 Å². The van der Waals surface area contributed by atoms with Gasteiger partial charge in [0.2, 0.25) is 5.91 Å². The average molecular weight is 220 g/mol. The number of amides is 1. The number of hydrogen-bond donors (Lipinski definition) is 1. The summed E-state index contributed by atoms with van der Waals surface area (Å²) in [6, 6.07) is 0.647. The van der Waals surface area contributed by atoms with Crippen LogP contribution in [-0.4, -0.2) is 29.4 Å². The standard InChI is InChI=1S/C13H20N2O/c14-11-4-3-10(7-11)13(16)15(12-5-6-12)8-9-1-2-9/h3-4,9-12H,1-2,5-8,14H2. The molecule has 0 heterocycles. The molecule has 2 saturated carbocycles. The van der Waals surface area contributed by atoms with Crippen LogP contribution in [0.2, 0.25) is 0 Å². The lowest BCUT2D eigenvalue weighted by atomic mass is 10.1. The lowest BCUT2D eigenvalue weighted by Crippen LogP contribution is -2.39. The van der Waals surface area contributed by atoms with E-state index in [4.69, 9.17) is 5.73 Å². The molecule has 0 aromatic rings. The monoisotopic (exact) mass is 220 g/mol. The van der Waals surface area contributed by atoms with Crippen molar-refractivity contribution in [1.82, 2.24) is 4.90 Å². The topological polar surface area (TPSA) is 46.3 Å². The minimum Gasteiger partial charge on any atom is -0.339 e. The number of nitrogens with two attached hydrogens (primary N) is 1. The molecule has 2 unspecified atom stereocenters. The molecule has 0 saturated heterocycles. The second kappa shape index (κ2) is 3.88. The maximum absolute atomic E-state index is 12.4. The average Bonchev–Trinajstić information content (AvgIpc) is 3.15. The summed E-state index contributed by atoms with van der Waals surface area (Å²) < 4.78 is 0. The first-order valence-electron chi connectivity index (χ1n) is 6.48. The van der Waals surface area contributed by atoms with Gasteiger partial charge in [0.05, 0.1) is 5.92 Å². The largest absolute Gasteiger partial charge is 0.339 e. The smallest absolute Gasteiger partial charge is 0.229 e. The fraction of sp³-hybridized carbons (Fsp3) is 0.769. The number of hydrogen-bond acceptors (Lipinski definition) is 2. The van der Waals surface area contributed by atoms with Crippen molar-refractivity contribution >= 4 is 5.91 Å². The Labute approximate surface area is 96.7 Å². The minimum absolute atomic E-state index is 0.0642. The zero-order valence-corrected chi connectivity index (χ0v) is 9.64. The van der Waals surface area contributed by atoms with Crippen LogP contribution in [0.15, 0.2) is 12.2 Å². The van der Waals surface area contributed by atoms with Crippen molar-refractivity contribution < 1.29 is 4.79 Å². The molecular weight excluding hydrogens is 200 g/mol. The van der Waals surface area contributed by atoms with E-state index in [9.17, 15) is 4.79 Å². The molecule has 2 N–H and O–H groups in total. The van der Waals surface area contributed by atoms with Gasteiger partial charge < -0.3 is 10.6 Å². The highest BCUT2D eigenvalue weighted by Gasteiger charge is 2.39. The molecule has 3 aliphatic carbocycles. The molecule has 2 fully saturated rings. The number of carbonyl (C=O) groups excluding carboxylic acids is 1. The van der Waals surface area contributed by atoms with Crippen LogP contribution in [0.3, 0.4) is 0 Å². The first-order chi connectivity index (χ1) is 7.74. The van der Waals surface area contributed by atoms with E-state index in [0.29, 0.717) is 11.9 Å². The van der Waals surface area contributed by atoms with E-state index >= 15 is 0 Å². The van der Waals surface area contributed by atoms with Crippen molar-refractivity contribution in [1.29, 1.82) is 0 Å². The number of carbonyl (C=O) groups is 1. The van der Waals surface area contributed by atoms with Crippen LogP contribution in [0.4, 0.5) is 0 Å². The summed E-state index contributed by atoms with van der Waals surface area (Å²) in [4.78, 5) is 14.5. The zero-order chi connectivity index (χ0) is 11.1. The van der Waals surface area contributed by atoms with E-state index in [1.807, 2.05) is 12.2 Å². The SMILES string of the molecule is NC1C=CC(C(=O)N(CC2CC2)C2CC2)C1. The van der Waals surface area contributed by atoms with Crippen LogP contribution < -0.4 is 5.73 Å². The van der Waals surface area contributed by atoms with Crippen molar-refractivity contribution in [2.24, 2.45) is 17.6 Å². The van der Waals surface area contributed by atoms with Gasteiger partial charge >= 0.3 is 0 Å². The Balaban J connectivity index is 1.63. The van der Waals surface area contributed by atoms with Crippen molar-refractivity contribution in [3.8, 4) is 0 Å². The summed E-state index contributed by atoms with van der Waals surface area (Å²) >= 11 is 0. The Bertz CT molecular complexity index is 318. The van der Waals surface area contributed by atoms with Crippen LogP contribution in [0.1, 0.15) is 32.1 Å². The molecule has 3 aliphatic rings. The molecule has 0 radical (unpaired) electrons. The molecule has 1 amide bonds. The number of nitrogens with zero attached hydrogens (tertiary/aromatic N) is 1. The van der Waals surface area contributed by atoms with Gasteiger partial charge in [-0.1, -0.05) is 12.2 Å². The van der Waals surface area contributed by atoms with Gasteiger partial charge in [-0.25, -0.2) is 0 Å². The summed E-state index contributed by atoms with van der Waals surface area (Å²) in [6.07, 6.45) is 9.85. The van der Waals surface area contributed by atoms with E-state index in [0.717, 1.165) is 18.9 Å². The number of rotatable bonds is 4. The molecule has 3 heteroatoms. The first kappa shape index (κ1) is 10.3. The Morgan fingerprint density at radius 1 is 1.25 bits per heavy atom. The molecule has 3 rings (SSSR count). The molecule has 0 aromatic heterocycles. The van der Waals surface area contributed by atoms with Crippen LogP contribution >= 0.6 is 0 Å². The highest BCUT2D eigenvalue weighted by molar-refractivity contribution is 5.82. The Morgan fingerprint density at radius 2 is 2.00 bits per heavy atom. The molecule has 88 valence electrons. The highest BCUT2D eigenvalue weighted by atomic mass is 16.2. The summed E-state index contributed by atoms with van der Waals surface area (Å²) in [6.45, 7) is 1.00. The van der Waals surface area contributed by atoms with E-state index in [2.05, 4.69) is 4.90 Å². The van der Waals surface area contributed by atoms with Gasteiger partial charge in [0.1, 0.15) is 0 Å². The van der Waals surface area contributed by atoms with E-state index in [-0.39, 0.29) is 12.0 Å². The summed E-state index contributed by atoms with van der Waals surface area (Å²) in [5, 5.41) is 0. The highest BCUT2D eigenvalue weighted by Crippen LogP contribution is 2.36. The van der Waals surface area contributed by atoms with Crippen LogP contribution in [0.5, 0.6) is 0 Å². The molecule has 0 aromatic carbocycles. The molecular formula is C13H20N2O. The lowest BCUT2D eigenvalue weighted by molar-refractivity contribution is -0.134. The molecule has 16 heavy (non-hydrogen) atoms. The fourth-order valence-corrected chi connectivity index (χ4v) is 2.51. The third-order valence-corrected chi connectivity index (χ3v) is 3.86. The van der Waals surface area contributed by atoms with Crippen molar-refractivity contribution in [2.45, 2.75) is 44.2 Å². The van der Waals surface area contributed by atoms with Gasteiger partial charge in [-0.2, -0.15) is 0 Å². The maximum atomic E-state index is 12.4. The third kappa shape index (κ3) is 2.14. The minimum atomic E-state index is 0.0642. The Kier molecular flexibility index (Phi) is 2.51. The van der Waals surface area contributed by atoms with Crippen molar-refractivity contribution in [3.63, 3.8) is 0 Å². The Hall–Kier alpha value is -0.830. The van der Waals surface area contributed by atoms with Gasteiger partial charge in [-0.15, -0.1) is 0 Å². The van der Waals surface area contributed by atoms with Crippen LogP contribution in [-0.2, 0) is 4.79 Å². The fourth-order valence-electron chi connectivity index (χ4n) is 2.51. The molecule has 0 aliphatic heterocycles. The molecule has 0 bridgehead atoms. The summed E-state index contributed by atoms with van der Waals surface area (Å²) in [7, 11) is 0. The Morgan fingerprint density at radius 3 is 2.50 bits per heavy atom.